The van der Waals surface area contributed by atoms with Crippen LogP contribution < -0.4 is 5.32 Å². The molecular formula is C13H31N3O2S. The lowest BCUT2D eigenvalue weighted by molar-refractivity contribution is 0.316. The van der Waals surface area contributed by atoms with Crippen molar-refractivity contribution in [1.29, 1.82) is 0 Å². The number of rotatable bonds is 11. The van der Waals surface area contributed by atoms with E-state index < -0.39 is 10.2 Å². The van der Waals surface area contributed by atoms with Crippen LogP contribution >= 0.6 is 0 Å². The predicted molar refractivity (Wildman–Crippen MR) is 81.5 cm³/mol. The zero-order valence-electron chi connectivity index (χ0n) is 13.1. The van der Waals surface area contributed by atoms with Crippen LogP contribution in [0.25, 0.3) is 0 Å². The largest absolute Gasteiger partial charge is 0.317 e. The van der Waals surface area contributed by atoms with Crippen molar-refractivity contribution in [2.75, 3.05) is 33.7 Å². The van der Waals surface area contributed by atoms with E-state index in [0.29, 0.717) is 6.54 Å². The molecule has 0 aromatic carbocycles. The molecule has 0 aliphatic heterocycles. The molecule has 1 N–H and O–H groups in total. The number of hydrogen-bond donors (Lipinski definition) is 1. The summed E-state index contributed by atoms with van der Waals surface area (Å²) in [5, 5.41) is 3.28. The second kappa shape index (κ2) is 9.69. The molecule has 0 bridgehead atoms. The van der Waals surface area contributed by atoms with Crippen LogP contribution in [0.2, 0.25) is 0 Å². The van der Waals surface area contributed by atoms with Gasteiger partial charge in [-0.2, -0.15) is 17.0 Å². The maximum atomic E-state index is 12.3. The molecule has 0 heterocycles. The zero-order chi connectivity index (χ0) is 14.9. The summed E-state index contributed by atoms with van der Waals surface area (Å²) in [4.78, 5) is 0. The lowest BCUT2D eigenvalue weighted by atomic mass is 10.2. The van der Waals surface area contributed by atoms with Crippen molar-refractivity contribution in [2.45, 2.75) is 52.5 Å². The van der Waals surface area contributed by atoms with E-state index in [1.165, 1.54) is 8.61 Å². The van der Waals surface area contributed by atoms with E-state index in [2.05, 4.69) is 12.2 Å². The van der Waals surface area contributed by atoms with E-state index in [1.807, 2.05) is 13.8 Å². The molecule has 0 fully saturated rings. The van der Waals surface area contributed by atoms with Crippen molar-refractivity contribution in [3.63, 3.8) is 0 Å². The summed E-state index contributed by atoms with van der Waals surface area (Å²) in [5.74, 6) is 0. The zero-order valence-corrected chi connectivity index (χ0v) is 14.0. The molecule has 0 saturated carbocycles. The Morgan fingerprint density at radius 3 is 2.11 bits per heavy atom. The van der Waals surface area contributed by atoms with Crippen molar-refractivity contribution in [3.05, 3.63) is 0 Å². The molecular weight excluding hydrogens is 262 g/mol. The molecule has 0 radical (unpaired) electrons. The second-order valence-corrected chi connectivity index (χ2v) is 7.01. The van der Waals surface area contributed by atoms with E-state index in [4.69, 9.17) is 0 Å². The molecule has 0 amide bonds. The molecule has 0 aromatic rings. The highest BCUT2D eigenvalue weighted by atomic mass is 32.2. The van der Waals surface area contributed by atoms with E-state index in [1.54, 1.807) is 14.1 Å². The van der Waals surface area contributed by atoms with Crippen molar-refractivity contribution in [3.8, 4) is 0 Å². The van der Waals surface area contributed by atoms with Gasteiger partial charge in [0.1, 0.15) is 0 Å². The predicted octanol–water partition coefficient (Wildman–Crippen LogP) is 1.67. The van der Waals surface area contributed by atoms with Crippen molar-refractivity contribution in [2.24, 2.45) is 0 Å². The SMILES string of the molecule is CCCNCCCN(C)S(=O)(=O)N(C)C(CC)CC. The molecule has 0 atom stereocenters. The summed E-state index contributed by atoms with van der Waals surface area (Å²) in [6, 6.07) is 0.0886. The molecule has 19 heavy (non-hydrogen) atoms. The van der Waals surface area contributed by atoms with Gasteiger partial charge in [0.15, 0.2) is 0 Å². The summed E-state index contributed by atoms with van der Waals surface area (Å²) >= 11 is 0. The van der Waals surface area contributed by atoms with Gasteiger partial charge in [-0.05, 0) is 38.8 Å². The molecule has 0 unspecified atom stereocenters. The smallest absolute Gasteiger partial charge is 0.281 e. The van der Waals surface area contributed by atoms with Crippen molar-refractivity contribution >= 4 is 10.2 Å². The minimum Gasteiger partial charge on any atom is -0.317 e. The maximum Gasteiger partial charge on any atom is 0.281 e. The summed E-state index contributed by atoms with van der Waals surface area (Å²) in [6.07, 6.45) is 3.63. The van der Waals surface area contributed by atoms with Crippen molar-refractivity contribution < 1.29 is 8.42 Å². The molecule has 6 heteroatoms. The van der Waals surface area contributed by atoms with E-state index in [9.17, 15) is 8.42 Å². The second-order valence-electron chi connectivity index (χ2n) is 4.92. The molecule has 0 rings (SSSR count). The highest BCUT2D eigenvalue weighted by molar-refractivity contribution is 7.86. The van der Waals surface area contributed by atoms with Gasteiger partial charge in [0.25, 0.3) is 10.2 Å². The van der Waals surface area contributed by atoms with E-state index in [-0.39, 0.29) is 6.04 Å². The average molecular weight is 293 g/mol. The lowest BCUT2D eigenvalue weighted by Crippen LogP contribution is -2.45. The minimum atomic E-state index is -3.32. The highest BCUT2D eigenvalue weighted by Crippen LogP contribution is 2.13. The van der Waals surface area contributed by atoms with E-state index in [0.717, 1.165) is 38.8 Å². The number of nitrogens with zero attached hydrogens (tertiary/aromatic N) is 2. The summed E-state index contributed by atoms with van der Waals surface area (Å²) in [6.45, 7) is 8.58. The van der Waals surface area contributed by atoms with Gasteiger partial charge >= 0.3 is 0 Å². The standard InChI is InChI=1S/C13H31N3O2S/c1-6-10-14-11-9-12-15(4)19(17,18)16(5)13(7-2)8-3/h13-14H,6-12H2,1-5H3. The Morgan fingerprint density at radius 1 is 1.05 bits per heavy atom. The third-order valence-corrected chi connectivity index (χ3v) is 5.46. The Labute approximate surface area is 119 Å². The molecule has 0 aliphatic rings. The maximum absolute atomic E-state index is 12.3. The monoisotopic (exact) mass is 293 g/mol. The van der Waals surface area contributed by atoms with Gasteiger partial charge in [-0.1, -0.05) is 20.8 Å². The number of hydrogen-bond acceptors (Lipinski definition) is 3. The molecule has 116 valence electrons. The van der Waals surface area contributed by atoms with Gasteiger partial charge in [-0.15, -0.1) is 0 Å². The van der Waals surface area contributed by atoms with E-state index >= 15 is 0 Å². The third-order valence-electron chi connectivity index (χ3n) is 3.47. The molecule has 0 aromatic heterocycles. The fourth-order valence-corrected chi connectivity index (χ4v) is 3.53. The Balaban J connectivity index is 4.31. The van der Waals surface area contributed by atoms with Crippen LogP contribution in [-0.2, 0) is 10.2 Å². The third kappa shape index (κ3) is 6.21. The van der Waals surface area contributed by atoms with Gasteiger partial charge in [0, 0.05) is 26.7 Å². The summed E-state index contributed by atoms with van der Waals surface area (Å²) in [5.41, 5.74) is 0. The van der Waals surface area contributed by atoms with Crippen LogP contribution in [0, 0.1) is 0 Å². The van der Waals surface area contributed by atoms with Gasteiger partial charge in [-0.3, -0.25) is 0 Å². The summed E-state index contributed by atoms with van der Waals surface area (Å²) < 4.78 is 27.6. The van der Waals surface area contributed by atoms with Crippen LogP contribution in [0.3, 0.4) is 0 Å². The fraction of sp³-hybridized carbons (Fsp3) is 1.00. The topological polar surface area (TPSA) is 52.7 Å². The Bertz CT molecular complexity index is 316. The van der Waals surface area contributed by atoms with Crippen LogP contribution in [0.4, 0.5) is 0 Å². The first kappa shape index (κ1) is 18.8. The first-order valence-electron chi connectivity index (χ1n) is 7.31. The summed E-state index contributed by atoms with van der Waals surface area (Å²) in [7, 11) is 0.0239. The lowest BCUT2D eigenvalue weighted by Gasteiger charge is -2.29. The molecule has 5 nitrogen and oxygen atoms in total. The van der Waals surface area contributed by atoms with Gasteiger partial charge in [0.2, 0.25) is 0 Å². The molecule has 0 spiro atoms. The van der Waals surface area contributed by atoms with Crippen LogP contribution in [-0.4, -0.2) is 56.8 Å². The minimum absolute atomic E-state index is 0.0886. The first-order chi connectivity index (χ1) is 8.91. The molecule has 0 saturated heterocycles. The quantitative estimate of drug-likeness (QED) is 0.590. The van der Waals surface area contributed by atoms with Gasteiger partial charge < -0.3 is 5.32 Å². The van der Waals surface area contributed by atoms with Gasteiger partial charge in [-0.25, -0.2) is 0 Å². The highest BCUT2D eigenvalue weighted by Gasteiger charge is 2.27. The van der Waals surface area contributed by atoms with Crippen molar-refractivity contribution in [1.82, 2.24) is 13.9 Å². The van der Waals surface area contributed by atoms with Gasteiger partial charge in [0.05, 0.1) is 0 Å². The Kier molecular flexibility index (Phi) is 9.60. The average Bonchev–Trinajstić information content (AvgIpc) is 2.39. The molecule has 0 aliphatic carbocycles. The van der Waals surface area contributed by atoms with Crippen LogP contribution in [0.5, 0.6) is 0 Å². The Hall–Kier alpha value is -0.170. The first-order valence-corrected chi connectivity index (χ1v) is 8.71. The van der Waals surface area contributed by atoms with Crippen LogP contribution in [0.15, 0.2) is 0 Å². The Morgan fingerprint density at radius 2 is 1.63 bits per heavy atom. The normalized spacial score (nSPS) is 12.8. The fourth-order valence-electron chi connectivity index (χ4n) is 2.05. The number of nitrogens with one attached hydrogen (secondary N) is 1. The van der Waals surface area contributed by atoms with Crippen LogP contribution in [0.1, 0.15) is 46.5 Å².